The Hall–Kier alpha value is -2.34. The van der Waals surface area contributed by atoms with Gasteiger partial charge in [0.15, 0.2) is 0 Å². The Balaban J connectivity index is 2.12. The van der Waals surface area contributed by atoms with Crippen molar-refractivity contribution in [2.24, 2.45) is 7.05 Å². The molecule has 0 fully saturated rings. The van der Waals surface area contributed by atoms with Gasteiger partial charge in [0.05, 0.1) is 12.3 Å². The molecule has 2 heterocycles. The van der Waals surface area contributed by atoms with Crippen LogP contribution in [0.4, 0.5) is 5.69 Å². The molecule has 2 aromatic rings. The van der Waals surface area contributed by atoms with Crippen molar-refractivity contribution < 1.29 is 9.53 Å². The number of rotatable bonds is 5. The predicted molar refractivity (Wildman–Crippen MR) is 86.0 cm³/mol. The van der Waals surface area contributed by atoms with E-state index in [4.69, 9.17) is 16.3 Å². The summed E-state index contributed by atoms with van der Waals surface area (Å²) in [5, 5.41) is 7.39. The normalized spacial score (nSPS) is 10.9. The first-order chi connectivity index (χ1) is 10.5. The van der Waals surface area contributed by atoms with Gasteiger partial charge in [-0.3, -0.25) is 9.48 Å². The molecule has 0 saturated heterocycles. The van der Waals surface area contributed by atoms with Crippen LogP contribution in [-0.2, 0) is 11.8 Å². The fourth-order valence-corrected chi connectivity index (χ4v) is 2.14. The molecule has 7 heteroatoms. The number of hydrogen-bond acceptors (Lipinski definition) is 4. The second-order valence-corrected chi connectivity index (χ2v) is 4.88. The Morgan fingerprint density at radius 1 is 1.55 bits per heavy atom. The van der Waals surface area contributed by atoms with Crippen molar-refractivity contribution in [3.05, 3.63) is 40.8 Å². The quantitative estimate of drug-likeness (QED) is 0.860. The van der Waals surface area contributed by atoms with E-state index in [1.54, 1.807) is 36.1 Å². The SMILES string of the molecule is CCOc1ncccc1NC(=O)C=Cc1c(C)nn(C)c1Cl. The number of hydrogen-bond donors (Lipinski definition) is 1. The number of aromatic nitrogens is 3. The van der Waals surface area contributed by atoms with Gasteiger partial charge in [0.1, 0.15) is 10.8 Å². The summed E-state index contributed by atoms with van der Waals surface area (Å²) in [4.78, 5) is 16.1. The molecule has 2 rings (SSSR count). The molecule has 22 heavy (non-hydrogen) atoms. The maximum absolute atomic E-state index is 12.0. The topological polar surface area (TPSA) is 69.0 Å². The van der Waals surface area contributed by atoms with Gasteiger partial charge < -0.3 is 10.1 Å². The first kappa shape index (κ1) is 16.0. The summed E-state index contributed by atoms with van der Waals surface area (Å²) >= 11 is 6.11. The van der Waals surface area contributed by atoms with Crippen molar-refractivity contribution in [1.82, 2.24) is 14.8 Å². The van der Waals surface area contributed by atoms with Gasteiger partial charge in [-0.15, -0.1) is 0 Å². The van der Waals surface area contributed by atoms with E-state index in [0.717, 1.165) is 11.3 Å². The first-order valence-corrected chi connectivity index (χ1v) is 7.16. The summed E-state index contributed by atoms with van der Waals surface area (Å²) in [5.74, 6) is 0.0932. The van der Waals surface area contributed by atoms with Crippen molar-refractivity contribution in [2.75, 3.05) is 11.9 Å². The zero-order valence-corrected chi connectivity index (χ0v) is 13.4. The third kappa shape index (κ3) is 3.65. The minimum atomic E-state index is -0.298. The Morgan fingerprint density at radius 3 is 2.95 bits per heavy atom. The van der Waals surface area contributed by atoms with Crippen LogP contribution in [0.25, 0.3) is 6.08 Å². The number of carbonyl (C=O) groups is 1. The molecule has 1 amide bonds. The molecule has 0 aliphatic rings. The molecule has 0 radical (unpaired) electrons. The van der Waals surface area contributed by atoms with Gasteiger partial charge in [-0.05, 0) is 32.1 Å². The van der Waals surface area contributed by atoms with Crippen molar-refractivity contribution in [2.45, 2.75) is 13.8 Å². The third-order valence-corrected chi connectivity index (χ3v) is 3.36. The lowest BCUT2D eigenvalue weighted by molar-refractivity contribution is -0.111. The van der Waals surface area contributed by atoms with Crippen LogP contribution in [-0.4, -0.2) is 27.3 Å². The fraction of sp³-hybridized carbons (Fsp3) is 0.267. The number of pyridine rings is 1. The molecule has 0 bridgehead atoms. The summed E-state index contributed by atoms with van der Waals surface area (Å²) in [7, 11) is 1.75. The zero-order chi connectivity index (χ0) is 16.1. The van der Waals surface area contributed by atoms with Crippen molar-refractivity contribution in [3.8, 4) is 5.88 Å². The number of ether oxygens (including phenoxy) is 1. The summed E-state index contributed by atoms with van der Waals surface area (Å²) in [6.07, 6.45) is 4.64. The maximum atomic E-state index is 12.0. The largest absolute Gasteiger partial charge is 0.476 e. The second-order valence-electron chi connectivity index (χ2n) is 4.53. The van der Waals surface area contributed by atoms with Crippen LogP contribution in [0, 0.1) is 6.92 Å². The van der Waals surface area contributed by atoms with Crippen LogP contribution in [0.3, 0.4) is 0 Å². The van der Waals surface area contributed by atoms with Crippen molar-refractivity contribution in [1.29, 1.82) is 0 Å². The number of anilines is 1. The van der Waals surface area contributed by atoms with Gasteiger partial charge in [0.2, 0.25) is 11.8 Å². The van der Waals surface area contributed by atoms with Crippen LogP contribution in [0.2, 0.25) is 5.15 Å². The number of aryl methyl sites for hydroxylation is 2. The highest BCUT2D eigenvalue weighted by molar-refractivity contribution is 6.31. The molecule has 2 aromatic heterocycles. The van der Waals surface area contributed by atoms with E-state index in [1.165, 1.54) is 6.08 Å². The Bertz CT molecular complexity index is 710. The molecule has 0 aromatic carbocycles. The molecule has 0 aliphatic heterocycles. The summed E-state index contributed by atoms with van der Waals surface area (Å²) in [6, 6.07) is 3.45. The summed E-state index contributed by atoms with van der Waals surface area (Å²) < 4.78 is 6.92. The lowest BCUT2D eigenvalue weighted by Gasteiger charge is -2.08. The fourth-order valence-electron chi connectivity index (χ4n) is 1.91. The number of nitrogens with zero attached hydrogens (tertiary/aromatic N) is 3. The zero-order valence-electron chi connectivity index (χ0n) is 12.6. The van der Waals surface area contributed by atoms with Crippen LogP contribution >= 0.6 is 11.6 Å². The first-order valence-electron chi connectivity index (χ1n) is 6.79. The van der Waals surface area contributed by atoms with E-state index in [1.807, 2.05) is 13.8 Å². The van der Waals surface area contributed by atoms with Crippen molar-refractivity contribution >= 4 is 29.3 Å². The molecule has 0 atom stereocenters. The average Bonchev–Trinajstić information content (AvgIpc) is 2.72. The standard InChI is InChI=1S/C15H17ClN4O2/c1-4-22-15-12(6-5-9-17-15)18-13(21)8-7-11-10(2)19-20(3)14(11)16/h5-9H,4H2,1-3H3,(H,18,21). The molecular weight excluding hydrogens is 304 g/mol. The highest BCUT2D eigenvalue weighted by Crippen LogP contribution is 2.22. The van der Waals surface area contributed by atoms with Crippen LogP contribution in [0.5, 0.6) is 5.88 Å². The molecule has 0 aliphatic carbocycles. The molecule has 1 N–H and O–H groups in total. The molecule has 0 saturated carbocycles. The number of carbonyl (C=O) groups excluding carboxylic acids is 1. The van der Waals surface area contributed by atoms with Gasteiger partial charge in [0, 0.05) is 24.9 Å². The van der Waals surface area contributed by atoms with Gasteiger partial charge in [-0.1, -0.05) is 11.6 Å². The van der Waals surface area contributed by atoms with E-state index in [9.17, 15) is 4.79 Å². The van der Waals surface area contributed by atoms with Crippen LogP contribution < -0.4 is 10.1 Å². The van der Waals surface area contributed by atoms with Gasteiger partial charge >= 0.3 is 0 Å². The van der Waals surface area contributed by atoms with E-state index in [-0.39, 0.29) is 5.91 Å². The van der Waals surface area contributed by atoms with Gasteiger partial charge in [-0.25, -0.2) is 4.98 Å². The molecule has 6 nitrogen and oxygen atoms in total. The lowest BCUT2D eigenvalue weighted by atomic mass is 10.2. The minimum absolute atomic E-state index is 0.298. The Labute approximate surface area is 133 Å². The highest BCUT2D eigenvalue weighted by Gasteiger charge is 2.10. The van der Waals surface area contributed by atoms with Crippen LogP contribution in [0.1, 0.15) is 18.2 Å². The molecular formula is C15H17ClN4O2. The van der Waals surface area contributed by atoms with E-state index in [2.05, 4.69) is 15.4 Å². The van der Waals surface area contributed by atoms with Crippen LogP contribution in [0.15, 0.2) is 24.4 Å². The average molecular weight is 321 g/mol. The maximum Gasteiger partial charge on any atom is 0.248 e. The monoisotopic (exact) mass is 320 g/mol. The third-order valence-electron chi connectivity index (χ3n) is 2.91. The minimum Gasteiger partial charge on any atom is -0.476 e. The van der Waals surface area contributed by atoms with E-state index >= 15 is 0 Å². The Morgan fingerprint density at radius 2 is 2.32 bits per heavy atom. The van der Waals surface area contributed by atoms with Gasteiger partial charge in [-0.2, -0.15) is 5.10 Å². The predicted octanol–water partition coefficient (Wildman–Crippen LogP) is 2.83. The lowest BCUT2D eigenvalue weighted by Crippen LogP contribution is -2.10. The molecule has 0 unspecified atom stereocenters. The summed E-state index contributed by atoms with van der Waals surface area (Å²) in [6.45, 7) is 4.16. The number of amides is 1. The number of nitrogens with one attached hydrogen (secondary N) is 1. The van der Waals surface area contributed by atoms with E-state index in [0.29, 0.717) is 23.3 Å². The number of halogens is 1. The highest BCUT2D eigenvalue weighted by atomic mass is 35.5. The Kier molecular flexibility index (Phi) is 5.16. The van der Waals surface area contributed by atoms with Gasteiger partial charge in [0.25, 0.3) is 0 Å². The second kappa shape index (κ2) is 7.09. The van der Waals surface area contributed by atoms with Crippen molar-refractivity contribution in [3.63, 3.8) is 0 Å². The van der Waals surface area contributed by atoms with E-state index < -0.39 is 0 Å². The molecule has 0 spiro atoms. The summed E-state index contributed by atoms with van der Waals surface area (Å²) in [5.41, 5.74) is 2.00. The molecule has 116 valence electrons. The smallest absolute Gasteiger partial charge is 0.248 e.